The Bertz CT molecular complexity index is 1040. The number of anilines is 2. The van der Waals surface area contributed by atoms with E-state index in [1.807, 2.05) is 45.8 Å². The lowest BCUT2D eigenvalue weighted by atomic mass is 10.1. The van der Waals surface area contributed by atoms with Crippen LogP contribution in [-0.4, -0.2) is 52.5 Å². The monoisotopic (exact) mass is 481 g/mol. The molecule has 9 heteroatoms. The molecule has 32 heavy (non-hydrogen) atoms. The van der Waals surface area contributed by atoms with Gasteiger partial charge in [-0.2, -0.15) is 4.31 Å². The zero-order valence-corrected chi connectivity index (χ0v) is 21.0. The zero-order chi connectivity index (χ0) is 24.1. The molecule has 7 nitrogen and oxygen atoms in total. The lowest BCUT2D eigenvalue weighted by Crippen LogP contribution is -2.41. The van der Waals surface area contributed by atoms with Crippen molar-refractivity contribution in [2.75, 3.05) is 38.0 Å². The van der Waals surface area contributed by atoms with Crippen molar-refractivity contribution in [2.45, 2.75) is 38.3 Å². The normalized spacial score (nSPS) is 12.8. The number of sulfonamides is 1. The Morgan fingerprint density at radius 3 is 2.38 bits per heavy atom. The molecule has 0 aliphatic heterocycles. The Morgan fingerprint density at radius 2 is 1.81 bits per heavy atom. The number of nitrogens with zero attached hydrogens (tertiary/aromatic N) is 2. The molecule has 0 unspecified atom stereocenters. The lowest BCUT2D eigenvalue weighted by molar-refractivity contribution is -0.119. The van der Waals surface area contributed by atoms with Gasteiger partial charge >= 0.3 is 0 Å². The van der Waals surface area contributed by atoms with E-state index in [4.69, 9.17) is 16.3 Å². The maximum Gasteiger partial charge on any atom is 0.250 e. The fourth-order valence-electron chi connectivity index (χ4n) is 3.27. The number of ether oxygens (including phenoxy) is 1. The van der Waals surface area contributed by atoms with E-state index >= 15 is 0 Å². The third-order valence-corrected chi connectivity index (χ3v) is 7.43. The Hall–Kier alpha value is -2.13. The average Bonchev–Trinajstić information content (AvgIpc) is 2.71. The van der Waals surface area contributed by atoms with Crippen LogP contribution >= 0.6 is 11.6 Å². The average molecular weight is 482 g/mol. The maximum absolute atomic E-state index is 13.6. The van der Waals surface area contributed by atoms with Gasteiger partial charge in [-0.05, 0) is 54.8 Å². The van der Waals surface area contributed by atoms with Crippen LogP contribution in [0.5, 0.6) is 0 Å². The van der Waals surface area contributed by atoms with Crippen LogP contribution in [0.2, 0.25) is 5.02 Å². The molecule has 1 N–H and O–H groups in total. The van der Waals surface area contributed by atoms with E-state index in [1.165, 1.54) is 17.5 Å². The molecule has 2 rings (SSSR count). The highest BCUT2D eigenvalue weighted by atomic mass is 35.5. The van der Waals surface area contributed by atoms with Gasteiger partial charge in [0.15, 0.2) is 0 Å². The highest BCUT2D eigenvalue weighted by molar-refractivity contribution is 7.89. The summed E-state index contributed by atoms with van der Waals surface area (Å²) in [5.74, 6) is -0.202. The van der Waals surface area contributed by atoms with Crippen molar-refractivity contribution in [1.82, 2.24) is 4.31 Å². The highest BCUT2D eigenvalue weighted by Crippen LogP contribution is 2.30. The zero-order valence-electron chi connectivity index (χ0n) is 19.4. The fraction of sp³-hybridized carbons (Fsp3) is 0.435. The van der Waals surface area contributed by atoms with Crippen LogP contribution in [0.25, 0.3) is 0 Å². The van der Waals surface area contributed by atoms with Crippen molar-refractivity contribution in [1.29, 1.82) is 0 Å². The molecule has 0 saturated carbocycles. The number of benzene rings is 2. The van der Waals surface area contributed by atoms with Gasteiger partial charge in [0.25, 0.3) is 0 Å². The molecule has 0 spiro atoms. The molecule has 0 radical (unpaired) electrons. The van der Waals surface area contributed by atoms with Gasteiger partial charge in [0, 0.05) is 50.2 Å². The largest absolute Gasteiger partial charge is 0.377 e. The summed E-state index contributed by atoms with van der Waals surface area (Å²) in [5, 5.41) is 3.15. The van der Waals surface area contributed by atoms with Gasteiger partial charge in [0.1, 0.15) is 6.61 Å². The van der Waals surface area contributed by atoms with Crippen molar-refractivity contribution in [3.05, 3.63) is 53.1 Å². The summed E-state index contributed by atoms with van der Waals surface area (Å²) < 4.78 is 33.6. The van der Waals surface area contributed by atoms with E-state index in [-0.39, 0.29) is 35.9 Å². The van der Waals surface area contributed by atoms with Crippen LogP contribution in [0.15, 0.2) is 47.4 Å². The number of rotatable bonds is 10. The van der Waals surface area contributed by atoms with Crippen molar-refractivity contribution >= 4 is 38.9 Å². The van der Waals surface area contributed by atoms with Crippen molar-refractivity contribution in [3.63, 3.8) is 0 Å². The summed E-state index contributed by atoms with van der Waals surface area (Å²) in [6.45, 7) is 5.94. The summed E-state index contributed by atoms with van der Waals surface area (Å²) in [6.07, 6.45) is 0. The smallest absolute Gasteiger partial charge is 0.250 e. The molecule has 0 saturated heterocycles. The van der Waals surface area contributed by atoms with Crippen LogP contribution in [0.1, 0.15) is 26.3 Å². The van der Waals surface area contributed by atoms with Gasteiger partial charge in [-0.3, -0.25) is 4.79 Å². The molecule has 176 valence electrons. The fourth-order valence-corrected chi connectivity index (χ4v) is 5.31. The molecule has 0 bridgehead atoms. The summed E-state index contributed by atoms with van der Waals surface area (Å²) in [4.78, 5) is 14.0. The Balaban J connectivity index is 2.53. The molecular weight excluding hydrogens is 450 g/mol. The Kier molecular flexibility index (Phi) is 9.09. The maximum atomic E-state index is 13.6. The number of hydrogen-bond donors (Lipinski definition) is 1. The first-order valence-corrected chi connectivity index (χ1v) is 12.2. The van der Waals surface area contributed by atoms with E-state index in [0.29, 0.717) is 10.7 Å². The van der Waals surface area contributed by atoms with E-state index in [2.05, 4.69) is 5.32 Å². The number of hydrogen-bond acceptors (Lipinski definition) is 5. The molecule has 0 aromatic heterocycles. The molecule has 0 fully saturated rings. The first kappa shape index (κ1) is 26.1. The summed E-state index contributed by atoms with van der Waals surface area (Å²) in [5.41, 5.74) is 2.20. The molecule has 1 atom stereocenters. The second-order valence-corrected chi connectivity index (χ2v) is 10.5. The summed E-state index contributed by atoms with van der Waals surface area (Å²) in [6, 6.07) is 11.5. The molecule has 0 aliphatic carbocycles. The number of carbonyl (C=O) groups excluding carboxylic acids is 1. The molecular formula is C23H32ClN3O4S. The van der Waals surface area contributed by atoms with Gasteiger partial charge in [-0.1, -0.05) is 31.5 Å². The van der Waals surface area contributed by atoms with Gasteiger partial charge in [-0.15, -0.1) is 0 Å². The SMILES string of the molecule is COCC(=O)Nc1ccc(N(C)C)c(CN([C@@H](C)C(C)C)S(=O)(=O)c2cccc(Cl)c2)c1. The van der Waals surface area contributed by atoms with Crippen LogP contribution in [-0.2, 0) is 26.1 Å². The van der Waals surface area contributed by atoms with Crippen LogP contribution < -0.4 is 10.2 Å². The molecule has 2 aromatic rings. The standard InChI is InChI=1S/C23H32ClN3O4S/c1-16(2)17(3)27(32(29,30)21-9-7-8-19(24)13-21)14-18-12-20(25-23(28)15-31-6)10-11-22(18)26(4)5/h7-13,16-17H,14-15H2,1-6H3,(H,25,28)/t17-/m0/s1. The van der Waals surface area contributed by atoms with Crippen molar-refractivity contribution in [2.24, 2.45) is 5.92 Å². The third-order valence-electron chi connectivity index (χ3n) is 5.27. The Morgan fingerprint density at radius 1 is 1.12 bits per heavy atom. The van der Waals surface area contributed by atoms with Crippen molar-refractivity contribution in [3.8, 4) is 0 Å². The predicted molar refractivity (Wildman–Crippen MR) is 130 cm³/mol. The minimum atomic E-state index is -3.83. The topological polar surface area (TPSA) is 79.0 Å². The second kappa shape index (κ2) is 11.1. The molecule has 1 amide bonds. The Labute approximate surface area is 196 Å². The quantitative estimate of drug-likeness (QED) is 0.549. The number of halogens is 1. The first-order valence-electron chi connectivity index (χ1n) is 10.3. The van der Waals surface area contributed by atoms with Crippen LogP contribution in [0.3, 0.4) is 0 Å². The first-order chi connectivity index (χ1) is 15.0. The van der Waals surface area contributed by atoms with Crippen LogP contribution in [0.4, 0.5) is 11.4 Å². The molecule has 0 heterocycles. The number of nitrogens with one attached hydrogen (secondary N) is 1. The minimum Gasteiger partial charge on any atom is -0.377 e. The lowest BCUT2D eigenvalue weighted by Gasteiger charge is -2.32. The van der Waals surface area contributed by atoms with Gasteiger partial charge in [0.2, 0.25) is 15.9 Å². The number of amides is 1. The third kappa shape index (κ3) is 6.45. The van der Waals surface area contributed by atoms with Gasteiger partial charge < -0.3 is 15.0 Å². The van der Waals surface area contributed by atoms with E-state index in [9.17, 15) is 13.2 Å². The highest BCUT2D eigenvalue weighted by Gasteiger charge is 2.32. The second-order valence-electron chi connectivity index (χ2n) is 8.21. The van der Waals surface area contributed by atoms with E-state index in [0.717, 1.165) is 11.3 Å². The summed E-state index contributed by atoms with van der Waals surface area (Å²) in [7, 11) is 1.41. The minimum absolute atomic E-state index is 0.0651. The molecule has 2 aromatic carbocycles. The van der Waals surface area contributed by atoms with Crippen molar-refractivity contribution < 1.29 is 17.9 Å². The summed E-state index contributed by atoms with van der Waals surface area (Å²) >= 11 is 6.08. The predicted octanol–water partition coefficient (Wildman–Crippen LogP) is 4.23. The number of methoxy groups -OCH3 is 1. The van der Waals surface area contributed by atoms with Crippen LogP contribution in [0, 0.1) is 5.92 Å². The van der Waals surface area contributed by atoms with Gasteiger partial charge in [-0.25, -0.2) is 8.42 Å². The van der Waals surface area contributed by atoms with E-state index < -0.39 is 10.0 Å². The van der Waals surface area contributed by atoms with E-state index in [1.54, 1.807) is 30.3 Å². The van der Waals surface area contributed by atoms with Gasteiger partial charge in [0.05, 0.1) is 4.90 Å². The number of carbonyl (C=O) groups is 1. The molecule has 0 aliphatic rings.